The molecule has 0 aliphatic heterocycles. The first-order chi connectivity index (χ1) is 24.0. The van der Waals surface area contributed by atoms with Gasteiger partial charge in [0, 0.05) is 40.5 Å². The molecule has 3 aromatic heterocycles. The number of nitrogens with zero attached hydrogens (tertiary/aromatic N) is 1. The first-order valence-electron chi connectivity index (χ1n) is 16.0. The van der Waals surface area contributed by atoms with Crippen LogP contribution in [0.25, 0.3) is 49.3 Å². The molecule has 0 unspecified atom stereocenters. The average Bonchev–Trinajstić information content (AvgIpc) is 3.48. The van der Waals surface area contributed by atoms with E-state index in [4.69, 9.17) is 50.0 Å². The van der Waals surface area contributed by atoms with Crippen LogP contribution in [0.15, 0.2) is 76.3 Å². The van der Waals surface area contributed by atoms with Crippen LogP contribution in [0, 0.1) is 0 Å². The van der Waals surface area contributed by atoms with E-state index in [1.165, 1.54) is 6.26 Å². The number of rotatable bonds is 15. The lowest BCUT2D eigenvalue weighted by atomic mass is 9.98. The van der Waals surface area contributed by atoms with E-state index in [1.54, 1.807) is 33.5 Å². The highest BCUT2D eigenvalue weighted by molar-refractivity contribution is 6.22. The molecule has 0 bridgehead atoms. The highest BCUT2D eigenvalue weighted by Gasteiger charge is 2.25. The Morgan fingerprint density at radius 2 is 1.41 bits per heavy atom. The maximum absolute atomic E-state index is 14.0. The summed E-state index contributed by atoms with van der Waals surface area (Å²) in [7, 11) is 4.74. The van der Waals surface area contributed by atoms with Crippen molar-refractivity contribution in [3.63, 3.8) is 0 Å². The molecule has 0 spiro atoms. The lowest BCUT2D eigenvalue weighted by Crippen LogP contribution is -2.06. The first-order valence-corrected chi connectivity index (χ1v) is 16.0. The molecule has 49 heavy (non-hydrogen) atoms. The van der Waals surface area contributed by atoms with E-state index >= 15 is 0 Å². The van der Waals surface area contributed by atoms with Gasteiger partial charge in [-0.2, -0.15) is 0 Å². The van der Waals surface area contributed by atoms with E-state index in [0.29, 0.717) is 102 Å². The Kier molecular flexibility index (Phi) is 10.1. The Balaban J connectivity index is 1.72. The maximum Gasteiger partial charge on any atom is 0.361 e. The van der Waals surface area contributed by atoms with E-state index in [9.17, 15) is 4.79 Å². The first kappa shape index (κ1) is 33.5. The molecule has 3 aromatic carbocycles. The summed E-state index contributed by atoms with van der Waals surface area (Å²) in [6.07, 6.45) is 6.38. The molecule has 0 aliphatic rings. The summed E-state index contributed by atoms with van der Waals surface area (Å²) in [5, 5.41) is 3.00. The molecule has 0 saturated heterocycles. The summed E-state index contributed by atoms with van der Waals surface area (Å²) >= 11 is 0. The highest BCUT2D eigenvalue weighted by atomic mass is 16.5. The van der Waals surface area contributed by atoms with Gasteiger partial charge in [0.1, 0.15) is 11.1 Å². The van der Waals surface area contributed by atoms with Crippen molar-refractivity contribution in [1.82, 2.24) is 4.40 Å². The SMILES string of the molecule is COc1cc2c(cc1O/C=C/CN)oc(=O)c1c2c(-c2ccc(OCCCN)c(OC)c2)c2c3cc(OC)c(OCCCN)cc3ccn21. The number of pyridine rings is 1. The molecule has 0 saturated carbocycles. The third-order valence-corrected chi connectivity index (χ3v) is 8.22. The third-order valence-electron chi connectivity index (χ3n) is 8.22. The van der Waals surface area contributed by atoms with Crippen LogP contribution in [0.1, 0.15) is 12.8 Å². The van der Waals surface area contributed by atoms with Gasteiger partial charge in [0.05, 0.1) is 46.3 Å². The second-order valence-corrected chi connectivity index (χ2v) is 11.2. The summed E-state index contributed by atoms with van der Waals surface area (Å²) in [5.74, 6) is 3.06. The predicted molar refractivity (Wildman–Crippen MR) is 191 cm³/mol. The van der Waals surface area contributed by atoms with Crippen molar-refractivity contribution in [2.24, 2.45) is 17.2 Å². The van der Waals surface area contributed by atoms with Crippen LogP contribution >= 0.6 is 0 Å². The largest absolute Gasteiger partial charge is 0.493 e. The average molecular weight is 669 g/mol. The summed E-state index contributed by atoms with van der Waals surface area (Å²) in [6, 6.07) is 14.9. The fourth-order valence-electron chi connectivity index (χ4n) is 5.96. The minimum atomic E-state index is -0.529. The third kappa shape index (κ3) is 6.29. The highest BCUT2D eigenvalue weighted by Crippen LogP contribution is 2.46. The molecule has 12 nitrogen and oxygen atoms in total. The fraction of sp³-hybridized carbons (Fsp3) is 0.270. The number of benzene rings is 3. The van der Waals surface area contributed by atoms with E-state index in [-0.39, 0.29) is 0 Å². The van der Waals surface area contributed by atoms with Crippen molar-refractivity contribution >= 4 is 38.2 Å². The van der Waals surface area contributed by atoms with Crippen LogP contribution in [-0.2, 0) is 0 Å². The van der Waals surface area contributed by atoms with Crippen LogP contribution in [0.2, 0.25) is 0 Å². The zero-order chi connectivity index (χ0) is 34.5. The van der Waals surface area contributed by atoms with Crippen LogP contribution in [-0.4, -0.2) is 58.6 Å². The minimum absolute atomic E-state index is 0.298. The molecule has 256 valence electrons. The van der Waals surface area contributed by atoms with Crippen molar-refractivity contribution < 1.29 is 32.8 Å². The van der Waals surface area contributed by atoms with Crippen molar-refractivity contribution in [2.75, 3.05) is 54.2 Å². The lowest BCUT2D eigenvalue weighted by molar-refractivity contribution is 0.291. The molecule has 0 aliphatic carbocycles. The number of fused-ring (bicyclic) bond motifs is 7. The summed E-state index contributed by atoms with van der Waals surface area (Å²) in [5.41, 5.74) is 19.4. The summed E-state index contributed by atoms with van der Waals surface area (Å²) < 4.78 is 43.0. The van der Waals surface area contributed by atoms with Gasteiger partial charge in [0.2, 0.25) is 0 Å². The van der Waals surface area contributed by atoms with Gasteiger partial charge in [-0.3, -0.25) is 0 Å². The number of aromatic nitrogens is 1. The Hall–Kier alpha value is -5.43. The quantitative estimate of drug-likeness (QED) is 0.0733. The van der Waals surface area contributed by atoms with Gasteiger partial charge in [0.25, 0.3) is 0 Å². The van der Waals surface area contributed by atoms with E-state index in [0.717, 1.165) is 27.4 Å². The topological polar surface area (TPSA) is 168 Å². The Morgan fingerprint density at radius 3 is 2.10 bits per heavy atom. The number of hydrogen-bond donors (Lipinski definition) is 3. The minimum Gasteiger partial charge on any atom is -0.493 e. The van der Waals surface area contributed by atoms with Crippen molar-refractivity contribution in [3.05, 3.63) is 77.5 Å². The van der Waals surface area contributed by atoms with Gasteiger partial charge < -0.3 is 54.4 Å². The molecule has 3 heterocycles. The molecular formula is C37H40N4O8. The fourth-order valence-corrected chi connectivity index (χ4v) is 5.96. The molecule has 12 heteroatoms. The van der Waals surface area contributed by atoms with Crippen LogP contribution in [0.4, 0.5) is 0 Å². The lowest BCUT2D eigenvalue weighted by Gasteiger charge is -2.14. The second-order valence-electron chi connectivity index (χ2n) is 11.2. The molecule has 6 rings (SSSR count). The van der Waals surface area contributed by atoms with E-state index in [2.05, 4.69) is 0 Å². The number of ether oxygens (including phenoxy) is 6. The molecule has 0 amide bonds. The van der Waals surface area contributed by atoms with Crippen molar-refractivity contribution in [1.29, 1.82) is 0 Å². The van der Waals surface area contributed by atoms with Gasteiger partial charge >= 0.3 is 5.63 Å². The van der Waals surface area contributed by atoms with Gasteiger partial charge in [-0.25, -0.2) is 4.79 Å². The Morgan fingerprint density at radius 1 is 0.735 bits per heavy atom. The zero-order valence-electron chi connectivity index (χ0n) is 27.7. The van der Waals surface area contributed by atoms with Gasteiger partial charge in [-0.05, 0) is 79.4 Å². The zero-order valence-corrected chi connectivity index (χ0v) is 27.7. The van der Waals surface area contributed by atoms with Gasteiger partial charge in [-0.15, -0.1) is 0 Å². The normalized spacial score (nSPS) is 11.6. The molecular weight excluding hydrogens is 628 g/mol. The molecule has 6 N–H and O–H groups in total. The summed E-state index contributed by atoms with van der Waals surface area (Å²) in [6.45, 7) is 2.21. The van der Waals surface area contributed by atoms with Crippen molar-refractivity contribution in [3.8, 4) is 45.6 Å². The van der Waals surface area contributed by atoms with Crippen LogP contribution < -0.4 is 51.2 Å². The second kappa shape index (κ2) is 14.8. The standard InChI is InChI=1S/C37H40N4O8/c1-43-28-18-23(7-8-26(28)46-14-4-10-38)33-34-25-20-30(45-3)32(48-16-6-12-40)21-27(25)49-37(42)36(34)41-13-9-22-17-31(47-15-5-11-39)29(44-2)19-24(22)35(33)41/h6-9,13,16-21H,4-5,10-12,14-15,38-40H2,1-3H3/b16-6+. The van der Waals surface area contributed by atoms with Crippen LogP contribution in [0.5, 0.6) is 34.5 Å². The van der Waals surface area contributed by atoms with Gasteiger partial charge in [0.15, 0.2) is 34.5 Å². The monoisotopic (exact) mass is 668 g/mol. The smallest absolute Gasteiger partial charge is 0.361 e. The van der Waals surface area contributed by atoms with Crippen molar-refractivity contribution in [2.45, 2.75) is 12.8 Å². The molecule has 0 radical (unpaired) electrons. The Labute approximate surface area is 282 Å². The number of nitrogens with two attached hydrogens (primary N) is 3. The molecule has 0 atom stereocenters. The molecule has 6 aromatic rings. The molecule has 0 fully saturated rings. The van der Waals surface area contributed by atoms with Gasteiger partial charge in [-0.1, -0.05) is 6.07 Å². The predicted octanol–water partition coefficient (Wildman–Crippen LogP) is 5.35. The number of hydrogen-bond acceptors (Lipinski definition) is 11. The van der Waals surface area contributed by atoms with E-state index < -0.39 is 5.63 Å². The maximum atomic E-state index is 14.0. The number of methoxy groups -OCH3 is 3. The van der Waals surface area contributed by atoms with Crippen LogP contribution in [0.3, 0.4) is 0 Å². The Bertz CT molecular complexity index is 2220. The van der Waals surface area contributed by atoms with E-state index in [1.807, 2.05) is 53.1 Å². The summed E-state index contributed by atoms with van der Waals surface area (Å²) in [4.78, 5) is 14.0.